The maximum absolute atomic E-state index is 5.13. The number of methoxy groups -OCH3 is 1. The van der Waals surface area contributed by atoms with Crippen LogP contribution >= 0.6 is 0 Å². The number of aromatic nitrogens is 2. The fourth-order valence-corrected chi connectivity index (χ4v) is 2.64. The second-order valence-corrected chi connectivity index (χ2v) is 5.06. The first-order valence-corrected chi connectivity index (χ1v) is 6.91. The molecule has 1 N–H and O–H groups in total. The number of aryl methyl sites for hydroxylation is 1. The van der Waals surface area contributed by atoms with Crippen molar-refractivity contribution in [2.45, 2.75) is 45.4 Å². The Morgan fingerprint density at radius 3 is 2.83 bits per heavy atom. The van der Waals surface area contributed by atoms with Crippen LogP contribution in [0, 0.1) is 12.8 Å². The third kappa shape index (κ3) is 3.86. The number of anilines is 1. The van der Waals surface area contributed by atoms with Gasteiger partial charge in [0.15, 0.2) is 0 Å². The number of ether oxygens (including phenoxy) is 1. The molecule has 0 unspecified atom stereocenters. The Bertz CT molecular complexity index is 375. The summed E-state index contributed by atoms with van der Waals surface area (Å²) in [5, 5.41) is 3.35. The van der Waals surface area contributed by atoms with E-state index in [0.29, 0.717) is 5.88 Å². The van der Waals surface area contributed by atoms with Crippen LogP contribution in [0.15, 0.2) is 6.07 Å². The second kappa shape index (κ2) is 6.57. The summed E-state index contributed by atoms with van der Waals surface area (Å²) in [6.07, 6.45) is 8.28. The molecule has 0 aromatic carbocycles. The number of nitrogens with one attached hydrogen (secondary N) is 1. The summed E-state index contributed by atoms with van der Waals surface area (Å²) in [7, 11) is 1.63. The van der Waals surface area contributed by atoms with Crippen LogP contribution in [-0.2, 0) is 0 Å². The summed E-state index contributed by atoms with van der Waals surface area (Å²) >= 11 is 0. The van der Waals surface area contributed by atoms with E-state index in [1.54, 1.807) is 7.11 Å². The Morgan fingerprint density at radius 2 is 2.11 bits per heavy atom. The molecule has 0 saturated heterocycles. The average molecular weight is 249 g/mol. The summed E-state index contributed by atoms with van der Waals surface area (Å²) in [5.41, 5.74) is 0. The first-order chi connectivity index (χ1) is 8.78. The van der Waals surface area contributed by atoms with E-state index >= 15 is 0 Å². The summed E-state index contributed by atoms with van der Waals surface area (Å²) in [6.45, 7) is 2.86. The molecular weight excluding hydrogens is 226 g/mol. The van der Waals surface area contributed by atoms with E-state index in [-0.39, 0.29) is 0 Å². The van der Waals surface area contributed by atoms with Crippen molar-refractivity contribution >= 4 is 5.82 Å². The second-order valence-electron chi connectivity index (χ2n) is 5.06. The van der Waals surface area contributed by atoms with E-state index in [1.807, 2.05) is 13.0 Å². The minimum absolute atomic E-state index is 0.626. The van der Waals surface area contributed by atoms with Gasteiger partial charge in [-0.2, -0.15) is 4.98 Å². The Kier molecular flexibility index (Phi) is 4.79. The van der Waals surface area contributed by atoms with Crippen molar-refractivity contribution in [3.63, 3.8) is 0 Å². The highest BCUT2D eigenvalue weighted by Gasteiger charge is 2.13. The van der Waals surface area contributed by atoms with Gasteiger partial charge in [0.1, 0.15) is 11.6 Å². The molecule has 0 atom stereocenters. The summed E-state index contributed by atoms with van der Waals surface area (Å²) in [6, 6.07) is 1.85. The van der Waals surface area contributed by atoms with Gasteiger partial charge in [-0.25, -0.2) is 4.98 Å². The monoisotopic (exact) mass is 249 g/mol. The smallest absolute Gasteiger partial charge is 0.218 e. The molecule has 1 aromatic heterocycles. The van der Waals surface area contributed by atoms with Gasteiger partial charge in [0.05, 0.1) is 7.11 Å². The fourth-order valence-electron chi connectivity index (χ4n) is 2.64. The van der Waals surface area contributed by atoms with Crippen LogP contribution in [-0.4, -0.2) is 23.6 Å². The van der Waals surface area contributed by atoms with Crippen LogP contribution in [0.2, 0.25) is 0 Å². The number of hydrogen-bond donors (Lipinski definition) is 1. The van der Waals surface area contributed by atoms with Crippen LogP contribution in [0.1, 0.15) is 44.3 Å². The molecule has 100 valence electrons. The Hall–Kier alpha value is -1.32. The first kappa shape index (κ1) is 13.1. The highest BCUT2D eigenvalue weighted by molar-refractivity contribution is 5.38. The molecule has 0 aliphatic heterocycles. The topological polar surface area (TPSA) is 47.0 Å². The van der Waals surface area contributed by atoms with Gasteiger partial charge in [0.2, 0.25) is 5.88 Å². The van der Waals surface area contributed by atoms with Gasteiger partial charge in [-0.1, -0.05) is 25.7 Å². The zero-order valence-electron chi connectivity index (χ0n) is 11.4. The minimum Gasteiger partial charge on any atom is -0.481 e. The summed E-state index contributed by atoms with van der Waals surface area (Å²) < 4.78 is 5.13. The van der Waals surface area contributed by atoms with Crippen LogP contribution in [0.25, 0.3) is 0 Å². The molecule has 0 spiro atoms. The number of rotatable bonds is 6. The molecule has 1 heterocycles. The molecule has 1 fully saturated rings. The largest absolute Gasteiger partial charge is 0.481 e. The van der Waals surface area contributed by atoms with E-state index in [1.165, 1.54) is 38.5 Å². The van der Waals surface area contributed by atoms with Gasteiger partial charge < -0.3 is 10.1 Å². The lowest BCUT2D eigenvalue weighted by atomic mass is 10.0. The van der Waals surface area contributed by atoms with E-state index in [4.69, 9.17) is 4.74 Å². The Balaban J connectivity index is 1.73. The quantitative estimate of drug-likeness (QED) is 0.787. The van der Waals surface area contributed by atoms with Gasteiger partial charge in [-0.3, -0.25) is 0 Å². The molecule has 0 bridgehead atoms. The van der Waals surface area contributed by atoms with Crippen LogP contribution in [0.4, 0.5) is 5.82 Å². The summed E-state index contributed by atoms with van der Waals surface area (Å²) in [5.74, 6) is 3.20. The molecule has 1 saturated carbocycles. The SMILES string of the molecule is COc1cc(NCCCC2CCCC2)nc(C)n1. The van der Waals surface area contributed by atoms with Gasteiger partial charge in [0.25, 0.3) is 0 Å². The highest BCUT2D eigenvalue weighted by atomic mass is 16.5. The first-order valence-electron chi connectivity index (χ1n) is 6.91. The average Bonchev–Trinajstić information content (AvgIpc) is 2.87. The lowest BCUT2D eigenvalue weighted by Crippen LogP contribution is -2.07. The predicted octanol–water partition coefficient (Wildman–Crippen LogP) is 3.18. The van der Waals surface area contributed by atoms with Gasteiger partial charge in [-0.15, -0.1) is 0 Å². The number of hydrogen-bond acceptors (Lipinski definition) is 4. The maximum atomic E-state index is 5.13. The van der Waals surface area contributed by atoms with Crippen molar-refractivity contribution in [2.24, 2.45) is 5.92 Å². The van der Waals surface area contributed by atoms with E-state index in [9.17, 15) is 0 Å². The molecule has 2 rings (SSSR count). The van der Waals surface area contributed by atoms with Crippen molar-refractivity contribution < 1.29 is 4.74 Å². The normalized spacial score (nSPS) is 15.9. The van der Waals surface area contributed by atoms with Gasteiger partial charge in [0, 0.05) is 12.6 Å². The Morgan fingerprint density at radius 1 is 1.33 bits per heavy atom. The van der Waals surface area contributed by atoms with Crippen LogP contribution < -0.4 is 10.1 Å². The molecule has 1 aromatic rings. The molecule has 18 heavy (non-hydrogen) atoms. The zero-order chi connectivity index (χ0) is 12.8. The summed E-state index contributed by atoms with van der Waals surface area (Å²) in [4.78, 5) is 8.52. The lowest BCUT2D eigenvalue weighted by Gasteiger charge is -2.10. The van der Waals surface area contributed by atoms with E-state index < -0.39 is 0 Å². The lowest BCUT2D eigenvalue weighted by molar-refractivity contribution is 0.396. The van der Waals surface area contributed by atoms with E-state index in [0.717, 1.165) is 24.1 Å². The van der Waals surface area contributed by atoms with Gasteiger partial charge >= 0.3 is 0 Å². The Labute approximate surface area is 109 Å². The zero-order valence-corrected chi connectivity index (χ0v) is 11.4. The minimum atomic E-state index is 0.626. The standard InChI is InChI=1S/C14H23N3O/c1-11-16-13(10-14(17-11)18-2)15-9-5-8-12-6-3-4-7-12/h10,12H,3-9H2,1-2H3,(H,15,16,17). The van der Waals surface area contributed by atoms with Crippen molar-refractivity contribution in [3.8, 4) is 5.88 Å². The molecular formula is C14H23N3O. The third-order valence-electron chi connectivity index (χ3n) is 3.59. The van der Waals surface area contributed by atoms with Gasteiger partial charge in [-0.05, 0) is 25.7 Å². The fraction of sp³-hybridized carbons (Fsp3) is 0.714. The van der Waals surface area contributed by atoms with Crippen LogP contribution in [0.5, 0.6) is 5.88 Å². The number of nitrogens with zero attached hydrogens (tertiary/aromatic N) is 2. The molecule has 1 aliphatic carbocycles. The van der Waals surface area contributed by atoms with Crippen molar-refractivity contribution in [2.75, 3.05) is 19.0 Å². The van der Waals surface area contributed by atoms with Crippen LogP contribution in [0.3, 0.4) is 0 Å². The molecule has 0 radical (unpaired) electrons. The van der Waals surface area contributed by atoms with E-state index in [2.05, 4.69) is 15.3 Å². The van der Waals surface area contributed by atoms with Crippen molar-refractivity contribution in [3.05, 3.63) is 11.9 Å². The van der Waals surface area contributed by atoms with Crippen molar-refractivity contribution in [1.82, 2.24) is 9.97 Å². The highest BCUT2D eigenvalue weighted by Crippen LogP contribution is 2.28. The third-order valence-corrected chi connectivity index (χ3v) is 3.59. The van der Waals surface area contributed by atoms with Crippen molar-refractivity contribution in [1.29, 1.82) is 0 Å². The molecule has 0 amide bonds. The molecule has 4 heteroatoms. The maximum Gasteiger partial charge on any atom is 0.218 e. The molecule has 4 nitrogen and oxygen atoms in total. The predicted molar refractivity (Wildman–Crippen MR) is 73.0 cm³/mol. The molecule has 1 aliphatic rings.